The SMILES string of the molecule is COc1ccc(NCc2ncccc2N)cc1. The maximum Gasteiger partial charge on any atom is 0.119 e. The number of hydrogen-bond acceptors (Lipinski definition) is 4. The lowest BCUT2D eigenvalue weighted by atomic mass is 10.2. The van der Waals surface area contributed by atoms with Gasteiger partial charge in [-0.1, -0.05) is 0 Å². The van der Waals surface area contributed by atoms with E-state index < -0.39 is 0 Å². The van der Waals surface area contributed by atoms with Gasteiger partial charge in [0.15, 0.2) is 0 Å². The van der Waals surface area contributed by atoms with Gasteiger partial charge in [-0.05, 0) is 36.4 Å². The van der Waals surface area contributed by atoms with Crippen LogP contribution >= 0.6 is 0 Å². The molecule has 0 saturated heterocycles. The zero-order chi connectivity index (χ0) is 12.1. The Morgan fingerprint density at radius 2 is 2.00 bits per heavy atom. The van der Waals surface area contributed by atoms with E-state index in [0.29, 0.717) is 12.2 Å². The summed E-state index contributed by atoms with van der Waals surface area (Å²) in [5.74, 6) is 0.841. The Hall–Kier alpha value is -2.23. The third-order valence-electron chi connectivity index (χ3n) is 2.48. The molecule has 4 nitrogen and oxygen atoms in total. The number of nitrogens with one attached hydrogen (secondary N) is 1. The zero-order valence-corrected chi connectivity index (χ0v) is 9.68. The summed E-state index contributed by atoms with van der Waals surface area (Å²) >= 11 is 0. The lowest BCUT2D eigenvalue weighted by Crippen LogP contribution is -2.04. The van der Waals surface area contributed by atoms with Crippen LogP contribution in [-0.2, 0) is 6.54 Å². The summed E-state index contributed by atoms with van der Waals surface area (Å²) in [6.07, 6.45) is 1.74. The van der Waals surface area contributed by atoms with Crippen molar-refractivity contribution in [1.29, 1.82) is 0 Å². The van der Waals surface area contributed by atoms with E-state index >= 15 is 0 Å². The van der Waals surface area contributed by atoms with Gasteiger partial charge in [0.1, 0.15) is 5.75 Å². The van der Waals surface area contributed by atoms with E-state index in [4.69, 9.17) is 10.5 Å². The molecule has 1 heterocycles. The van der Waals surface area contributed by atoms with Crippen LogP contribution in [0.25, 0.3) is 0 Å². The Balaban J connectivity index is 2.00. The van der Waals surface area contributed by atoms with Crippen molar-refractivity contribution in [3.63, 3.8) is 0 Å². The number of rotatable bonds is 4. The topological polar surface area (TPSA) is 60.2 Å². The van der Waals surface area contributed by atoms with Gasteiger partial charge >= 0.3 is 0 Å². The predicted octanol–water partition coefficient (Wildman–Crippen LogP) is 2.28. The summed E-state index contributed by atoms with van der Waals surface area (Å²) in [5, 5.41) is 3.26. The van der Waals surface area contributed by atoms with Gasteiger partial charge in [0.2, 0.25) is 0 Å². The second-order valence-corrected chi connectivity index (χ2v) is 3.62. The summed E-state index contributed by atoms with van der Waals surface area (Å²) < 4.78 is 5.09. The molecule has 3 N–H and O–H groups in total. The standard InChI is InChI=1S/C13H15N3O/c1-17-11-6-4-10(5-7-11)16-9-13-12(14)3-2-8-15-13/h2-8,16H,9,14H2,1H3. The highest BCUT2D eigenvalue weighted by molar-refractivity contribution is 5.49. The zero-order valence-electron chi connectivity index (χ0n) is 9.68. The highest BCUT2D eigenvalue weighted by Gasteiger charge is 1.99. The number of hydrogen-bond donors (Lipinski definition) is 2. The molecule has 0 fully saturated rings. The van der Waals surface area contributed by atoms with Crippen LogP contribution in [0.15, 0.2) is 42.6 Å². The van der Waals surface area contributed by atoms with Gasteiger partial charge in [-0.15, -0.1) is 0 Å². The van der Waals surface area contributed by atoms with Gasteiger partial charge in [-0.2, -0.15) is 0 Å². The van der Waals surface area contributed by atoms with Crippen LogP contribution in [0.4, 0.5) is 11.4 Å². The molecule has 0 radical (unpaired) electrons. The van der Waals surface area contributed by atoms with Crippen LogP contribution in [0.1, 0.15) is 5.69 Å². The first-order valence-corrected chi connectivity index (χ1v) is 5.37. The van der Waals surface area contributed by atoms with Gasteiger partial charge in [-0.3, -0.25) is 4.98 Å². The number of benzene rings is 1. The van der Waals surface area contributed by atoms with Crippen molar-refractivity contribution >= 4 is 11.4 Å². The molecule has 1 aromatic heterocycles. The smallest absolute Gasteiger partial charge is 0.119 e. The summed E-state index contributed by atoms with van der Waals surface area (Å²) in [6, 6.07) is 11.4. The number of nitrogens with zero attached hydrogens (tertiary/aromatic N) is 1. The van der Waals surface area contributed by atoms with Crippen molar-refractivity contribution in [3.8, 4) is 5.75 Å². The average molecular weight is 229 g/mol. The Morgan fingerprint density at radius 1 is 1.24 bits per heavy atom. The first kappa shape index (κ1) is 11.3. The third-order valence-corrected chi connectivity index (χ3v) is 2.48. The first-order valence-electron chi connectivity index (χ1n) is 5.37. The Morgan fingerprint density at radius 3 is 2.65 bits per heavy atom. The molecular weight excluding hydrogens is 214 g/mol. The number of aromatic nitrogens is 1. The molecule has 1 aromatic carbocycles. The largest absolute Gasteiger partial charge is 0.497 e. The maximum absolute atomic E-state index is 5.81. The van der Waals surface area contributed by atoms with Crippen molar-refractivity contribution in [2.45, 2.75) is 6.54 Å². The summed E-state index contributed by atoms with van der Waals surface area (Å²) in [4.78, 5) is 4.21. The number of ether oxygens (including phenoxy) is 1. The van der Waals surface area contributed by atoms with E-state index in [1.807, 2.05) is 36.4 Å². The van der Waals surface area contributed by atoms with E-state index in [9.17, 15) is 0 Å². The number of nitrogen functional groups attached to an aromatic ring is 1. The van der Waals surface area contributed by atoms with E-state index in [-0.39, 0.29) is 0 Å². The van der Waals surface area contributed by atoms with Gasteiger partial charge in [-0.25, -0.2) is 0 Å². The van der Waals surface area contributed by atoms with E-state index in [1.165, 1.54) is 0 Å². The molecule has 0 amide bonds. The summed E-state index contributed by atoms with van der Waals surface area (Å²) in [7, 11) is 1.65. The minimum atomic E-state index is 0.610. The van der Waals surface area contributed by atoms with E-state index in [2.05, 4.69) is 10.3 Å². The number of nitrogens with two attached hydrogens (primary N) is 1. The minimum Gasteiger partial charge on any atom is -0.497 e. The van der Waals surface area contributed by atoms with Gasteiger partial charge in [0, 0.05) is 11.9 Å². The fourth-order valence-corrected chi connectivity index (χ4v) is 1.49. The monoisotopic (exact) mass is 229 g/mol. The molecule has 0 aliphatic heterocycles. The fourth-order valence-electron chi connectivity index (χ4n) is 1.49. The van der Waals surface area contributed by atoms with Crippen LogP contribution in [0.5, 0.6) is 5.75 Å². The maximum atomic E-state index is 5.81. The summed E-state index contributed by atoms with van der Waals surface area (Å²) in [5.41, 5.74) is 8.37. The van der Waals surface area contributed by atoms with Crippen LogP contribution in [0.3, 0.4) is 0 Å². The lowest BCUT2D eigenvalue weighted by molar-refractivity contribution is 0.415. The molecular formula is C13H15N3O. The number of pyridine rings is 1. The van der Waals surface area contributed by atoms with Crippen molar-refractivity contribution < 1.29 is 4.74 Å². The number of anilines is 2. The molecule has 0 atom stereocenters. The quantitative estimate of drug-likeness (QED) is 0.844. The van der Waals surface area contributed by atoms with Crippen LogP contribution in [0, 0.1) is 0 Å². The van der Waals surface area contributed by atoms with Crippen molar-refractivity contribution in [3.05, 3.63) is 48.3 Å². The Kier molecular flexibility index (Phi) is 3.45. The van der Waals surface area contributed by atoms with Crippen molar-refractivity contribution in [2.75, 3.05) is 18.2 Å². The highest BCUT2D eigenvalue weighted by Crippen LogP contribution is 2.16. The van der Waals surface area contributed by atoms with Crippen molar-refractivity contribution in [2.24, 2.45) is 0 Å². The fraction of sp³-hybridized carbons (Fsp3) is 0.154. The normalized spacial score (nSPS) is 9.94. The molecule has 17 heavy (non-hydrogen) atoms. The van der Waals surface area contributed by atoms with Crippen LogP contribution in [0.2, 0.25) is 0 Å². The molecule has 0 aliphatic carbocycles. The molecule has 0 unspecified atom stereocenters. The van der Waals surface area contributed by atoms with Crippen LogP contribution < -0.4 is 15.8 Å². The lowest BCUT2D eigenvalue weighted by Gasteiger charge is -2.08. The van der Waals surface area contributed by atoms with E-state index in [1.54, 1.807) is 13.3 Å². The van der Waals surface area contributed by atoms with Gasteiger partial charge in [0.05, 0.1) is 25.0 Å². The minimum absolute atomic E-state index is 0.610. The predicted molar refractivity (Wildman–Crippen MR) is 69.0 cm³/mol. The van der Waals surface area contributed by atoms with Crippen LogP contribution in [-0.4, -0.2) is 12.1 Å². The van der Waals surface area contributed by atoms with Gasteiger partial charge in [0.25, 0.3) is 0 Å². The Bertz CT molecular complexity index is 482. The molecule has 4 heteroatoms. The molecule has 2 aromatic rings. The first-order chi connectivity index (χ1) is 8.29. The molecule has 0 saturated carbocycles. The third kappa shape index (κ3) is 2.87. The van der Waals surface area contributed by atoms with Crippen molar-refractivity contribution in [1.82, 2.24) is 4.98 Å². The molecule has 0 aliphatic rings. The molecule has 0 bridgehead atoms. The molecule has 88 valence electrons. The van der Waals surface area contributed by atoms with E-state index in [0.717, 1.165) is 17.1 Å². The highest BCUT2D eigenvalue weighted by atomic mass is 16.5. The second-order valence-electron chi connectivity index (χ2n) is 3.62. The average Bonchev–Trinajstić information content (AvgIpc) is 2.38. The number of methoxy groups -OCH3 is 1. The Labute approximate surface area is 100 Å². The van der Waals surface area contributed by atoms with Gasteiger partial charge < -0.3 is 15.8 Å². The molecule has 2 rings (SSSR count). The molecule has 0 spiro atoms. The second kappa shape index (κ2) is 5.21. The summed E-state index contributed by atoms with van der Waals surface area (Å²) in [6.45, 7) is 0.610.